The molecular weight excluding hydrogens is 424 g/mol. The average Bonchev–Trinajstić information content (AvgIpc) is 2.75. The van der Waals surface area contributed by atoms with E-state index in [1.165, 1.54) is 0 Å². The molecule has 0 aliphatic carbocycles. The van der Waals surface area contributed by atoms with Crippen LogP contribution in [0.4, 0.5) is 5.69 Å². The minimum atomic E-state index is -1.36. The van der Waals surface area contributed by atoms with E-state index in [9.17, 15) is 13.8 Å². The molecule has 0 radical (unpaired) electrons. The van der Waals surface area contributed by atoms with Crippen molar-refractivity contribution in [3.63, 3.8) is 0 Å². The molecule has 2 aromatic rings. The number of rotatable bonds is 8. The molecule has 0 saturated heterocycles. The summed E-state index contributed by atoms with van der Waals surface area (Å²) in [5.41, 5.74) is 5.00. The predicted molar refractivity (Wildman–Crippen MR) is 128 cm³/mol. The molecule has 0 spiro atoms. The van der Waals surface area contributed by atoms with E-state index in [2.05, 4.69) is 10.6 Å². The smallest absolute Gasteiger partial charge is 0.235 e. The van der Waals surface area contributed by atoms with Crippen molar-refractivity contribution < 1.29 is 18.5 Å². The van der Waals surface area contributed by atoms with Crippen LogP contribution in [0.3, 0.4) is 0 Å². The van der Waals surface area contributed by atoms with Gasteiger partial charge in [0.15, 0.2) is 0 Å². The number of para-hydroxylation sites is 1. The van der Waals surface area contributed by atoms with Gasteiger partial charge in [0.2, 0.25) is 11.8 Å². The number of hydrogen-bond donors (Lipinski definition) is 2. The number of carbonyl (C=O) groups excluding carboxylic acids is 2. The van der Waals surface area contributed by atoms with E-state index >= 15 is 0 Å². The number of aryl methyl sites for hydroxylation is 3. The zero-order valence-corrected chi connectivity index (χ0v) is 20.0. The summed E-state index contributed by atoms with van der Waals surface area (Å²) in [5.74, 6) is 0.745. The molecule has 3 rings (SSSR count). The summed E-state index contributed by atoms with van der Waals surface area (Å²) in [6.45, 7) is 8.19. The number of amides is 2. The van der Waals surface area contributed by atoms with Crippen molar-refractivity contribution in [3.8, 4) is 5.75 Å². The fraction of sp³-hybridized carbons (Fsp3) is 0.440. The molecular formula is C25H32N2O4S. The molecule has 2 aromatic carbocycles. The highest BCUT2D eigenvalue weighted by molar-refractivity contribution is 7.86. The van der Waals surface area contributed by atoms with Crippen LogP contribution in [0.5, 0.6) is 5.75 Å². The fourth-order valence-corrected chi connectivity index (χ4v) is 5.12. The van der Waals surface area contributed by atoms with Crippen LogP contribution in [0.15, 0.2) is 36.4 Å². The largest absolute Gasteiger partial charge is 0.493 e. The van der Waals surface area contributed by atoms with Crippen LogP contribution < -0.4 is 15.4 Å². The molecule has 32 heavy (non-hydrogen) atoms. The van der Waals surface area contributed by atoms with E-state index in [1.54, 1.807) is 6.92 Å². The molecule has 0 aromatic heterocycles. The molecule has 0 saturated carbocycles. The maximum Gasteiger partial charge on any atom is 0.235 e. The van der Waals surface area contributed by atoms with Crippen molar-refractivity contribution in [2.24, 2.45) is 0 Å². The van der Waals surface area contributed by atoms with Gasteiger partial charge in [-0.3, -0.25) is 13.8 Å². The summed E-state index contributed by atoms with van der Waals surface area (Å²) in [7, 11) is -1.36. The molecule has 1 aliphatic rings. The maximum atomic E-state index is 12.7. The van der Waals surface area contributed by atoms with Crippen LogP contribution in [0.2, 0.25) is 0 Å². The van der Waals surface area contributed by atoms with Crippen LogP contribution in [-0.2, 0) is 20.4 Å². The second kappa shape index (κ2) is 10.8. The summed E-state index contributed by atoms with van der Waals surface area (Å²) in [6.07, 6.45) is 1.40. The third kappa shape index (κ3) is 5.97. The van der Waals surface area contributed by atoms with Crippen molar-refractivity contribution >= 4 is 28.3 Å². The van der Waals surface area contributed by atoms with Crippen LogP contribution in [0.1, 0.15) is 54.5 Å². The Kier molecular flexibility index (Phi) is 8.07. The minimum absolute atomic E-state index is 0.104. The molecule has 172 valence electrons. The van der Waals surface area contributed by atoms with E-state index in [0.29, 0.717) is 25.2 Å². The second-order valence-corrected chi connectivity index (χ2v) is 10.3. The standard InChI is InChI=1S/C25H32N2O4S/c1-16-14-17(2)24(18(3)15-16)27-23(28)10-7-13-32(30)19(4)25(29)26-21-11-12-31-22-9-6-5-8-20(21)22/h5-6,8-9,14-15,19,21H,7,10-13H2,1-4H3,(H,26,29)(H,27,28). The summed E-state index contributed by atoms with van der Waals surface area (Å²) in [5, 5.41) is 5.34. The molecule has 6 nitrogen and oxygen atoms in total. The van der Waals surface area contributed by atoms with Gasteiger partial charge in [0.25, 0.3) is 0 Å². The Morgan fingerprint density at radius 3 is 2.56 bits per heavy atom. The van der Waals surface area contributed by atoms with Crippen molar-refractivity contribution in [2.75, 3.05) is 17.7 Å². The first-order chi connectivity index (χ1) is 15.3. The molecule has 0 fully saturated rings. The zero-order chi connectivity index (χ0) is 23.3. The number of carbonyl (C=O) groups is 2. The first kappa shape index (κ1) is 24.0. The predicted octanol–water partition coefficient (Wildman–Crippen LogP) is 4.11. The Morgan fingerprint density at radius 2 is 1.84 bits per heavy atom. The molecule has 7 heteroatoms. The van der Waals surface area contributed by atoms with Gasteiger partial charge in [0, 0.05) is 40.6 Å². The maximum absolute atomic E-state index is 12.7. The lowest BCUT2D eigenvalue weighted by Gasteiger charge is -2.27. The lowest BCUT2D eigenvalue weighted by molar-refractivity contribution is -0.121. The monoisotopic (exact) mass is 456 g/mol. The summed E-state index contributed by atoms with van der Waals surface area (Å²) in [4.78, 5) is 25.0. The number of nitrogens with one attached hydrogen (secondary N) is 2. The molecule has 2 N–H and O–H groups in total. The summed E-state index contributed by atoms with van der Waals surface area (Å²) < 4.78 is 18.3. The fourth-order valence-electron chi connectivity index (χ4n) is 4.03. The average molecular weight is 457 g/mol. The second-order valence-electron chi connectivity index (χ2n) is 8.39. The molecule has 3 unspecified atom stereocenters. The number of anilines is 1. The van der Waals surface area contributed by atoms with Gasteiger partial charge in [-0.25, -0.2) is 0 Å². The highest BCUT2D eigenvalue weighted by Gasteiger charge is 2.27. The van der Waals surface area contributed by atoms with Gasteiger partial charge < -0.3 is 15.4 Å². The van der Waals surface area contributed by atoms with Gasteiger partial charge in [-0.1, -0.05) is 35.9 Å². The van der Waals surface area contributed by atoms with E-state index in [4.69, 9.17) is 4.74 Å². The Hall–Kier alpha value is -2.67. The quantitative estimate of drug-likeness (QED) is 0.626. The highest BCUT2D eigenvalue weighted by atomic mass is 32.2. The van der Waals surface area contributed by atoms with Gasteiger partial charge in [-0.15, -0.1) is 0 Å². The molecule has 1 heterocycles. The highest BCUT2D eigenvalue weighted by Crippen LogP contribution is 2.31. The van der Waals surface area contributed by atoms with Gasteiger partial charge >= 0.3 is 0 Å². The summed E-state index contributed by atoms with van der Waals surface area (Å²) in [6, 6.07) is 11.6. The Balaban J connectivity index is 1.47. The zero-order valence-electron chi connectivity index (χ0n) is 19.2. The molecule has 3 atom stereocenters. The normalized spacial score (nSPS) is 16.9. The van der Waals surface area contributed by atoms with Crippen LogP contribution in [0.25, 0.3) is 0 Å². The van der Waals surface area contributed by atoms with Crippen LogP contribution >= 0.6 is 0 Å². The number of fused-ring (bicyclic) bond motifs is 1. The minimum Gasteiger partial charge on any atom is -0.493 e. The van der Waals surface area contributed by atoms with Crippen molar-refractivity contribution in [1.29, 1.82) is 0 Å². The van der Waals surface area contributed by atoms with E-state index < -0.39 is 16.0 Å². The van der Waals surface area contributed by atoms with Crippen LogP contribution in [0, 0.1) is 20.8 Å². The molecule has 2 amide bonds. The SMILES string of the molecule is Cc1cc(C)c(NC(=O)CCCS(=O)C(C)C(=O)NC2CCOc3ccccc32)c(C)c1. The van der Waals surface area contributed by atoms with Gasteiger partial charge in [0.1, 0.15) is 11.0 Å². The number of hydrogen-bond acceptors (Lipinski definition) is 4. The Bertz CT molecular complexity index is 998. The van der Waals surface area contributed by atoms with Gasteiger partial charge in [-0.05, 0) is 51.3 Å². The third-order valence-electron chi connectivity index (χ3n) is 5.73. The Labute approximate surface area is 192 Å². The van der Waals surface area contributed by atoms with Crippen molar-refractivity contribution in [1.82, 2.24) is 5.32 Å². The Morgan fingerprint density at radius 1 is 1.16 bits per heavy atom. The van der Waals surface area contributed by atoms with E-state index in [1.807, 2.05) is 57.2 Å². The number of benzene rings is 2. The third-order valence-corrected chi connectivity index (χ3v) is 7.42. The topological polar surface area (TPSA) is 84.5 Å². The molecule has 1 aliphatic heterocycles. The number of ether oxygens (including phenoxy) is 1. The first-order valence-electron chi connectivity index (χ1n) is 11.0. The summed E-state index contributed by atoms with van der Waals surface area (Å²) >= 11 is 0. The van der Waals surface area contributed by atoms with Gasteiger partial charge in [-0.2, -0.15) is 0 Å². The van der Waals surface area contributed by atoms with Gasteiger partial charge in [0.05, 0.1) is 12.6 Å². The lowest BCUT2D eigenvalue weighted by atomic mass is 10.0. The van der Waals surface area contributed by atoms with E-state index in [0.717, 1.165) is 33.7 Å². The first-order valence-corrected chi connectivity index (χ1v) is 12.4. The van der Waals surface area contributed by atoms with Crippen LogP contribution in [-0.4, -0.2) is 33.6 Å². The van der Waals surface area contributed by atoms with Crippen molar-refractivity contribution in [2.45, 2.75) is 58.2 Å². The lowest BCUT2D eigenvalue weighted by Crippen LogP contribution is -2.40. The van der Waals surface area contributed by atoms with Crippen molar-refractivity contribution in [3.05, 3.63) is 58.7 Å². The molecule has 0 bridgehead atoms. The van der Waals surface area contributed by atoms with E-state index in [-0.39, 0.29) is 24.3 Å².